The Morgan fingerprint density at radius 3 is 1.78 bits per heavy atom. The van der Waals surface area contributed by atoms with Crippen LogP contribution < -0.4 is 4.74 Å². The highest BCUT2D eigenvalue weighted by Gasteiger charge is 2.65. The van der Waals surface area contributed by atoms with E-state index in [1.54, 1.807) is 0 Å². The highest BCUT2D eigenvalue weighted by molar-refractivity contribution is 8.45. The van der Waals surface area contributed by atoms with E-state index in [2.05, 4.69) is 0 Å². The van der Waals surface area contributed by atoms with Gasteiger partial charge in [-0.3, -0.25) is 4.79 Å². The zero-order valence-electron chi connectivity index (χ0n) is 10.9. The van der Waals surface area contributed by atoms with E-state index >= 15 is 0 Å². The summed E-state index contributed by atoms with van der Waals surface area (Å²) in [5.41, 5.74) is 0.339. The summed E-state index contributed by atoms with van der Waals surface area (Å²) in [4.78, 5) is 8.31. The molecule has 0 saturated carbocycles. The molecule has 0 heterocycles. The lowest BCUT2D eigenvalue weighted by atomic mass is 10.2. The average molecular weight is 393 g/mol. The van der Waals surface area contributed by atoms with Gasteiger partial charge < -0.3 is 4.74 Å². The third-order valence-electron chi connectivity index (χ3n) is 2.65. The molecule has 0 radical (unpaired) electrons. The fraction of sp³-hybridized carbons (Fsp3) is 0. The molecular weight excluding hydrogens is 386 g/mol. The van der Waals surface area contributed by atoms with Gasteiger partial charge in [-0.1, -0.05) is 42.6 Å². The van der Waals surface area contributed by atoms with Crippen molar-refractivity contribution >= 4 is 39.7 Å². The van der Waals surface area contributed by atoms with Crippen LogP contribution in [-0.2, 0) is 0 Å². The number of ether oxygens (including phenoxy) is 1. The largest absolute Gasteiger partial charge is 0.454 e. The maximum atomic E-state index is 12.8. The van der Waals surface area contributed by atoms with Crippen molar-refractivity contribution in [3.05, 3.63) is 52.0 Å². The molecule has 126 valence electrons. The van der Waals surface area contributed by atoms with Gasteiger partial charge in [-0.25, -0.2) is 0 Å². The molecule has 0 aromatic heterocycles. The number of hydrogen-bond acceptors (Lipinski definition) is 2. The van der Waals surface area contributed by atoms with Crippen LogP contribution in [0.3, 0.4) is 0 Å². The highest BCUT2D eigenvalue weighted by Crippen LogP contribution is 3.02. The first-order valence-corrected chi connectivity index (χ1v) is 8.47. The van der Waals surface area contributed by atoms with Crippen molar-refractivity contribution in [2.75, 3.05) is 0 Å². The summed E-state index contributed by atoms with van der Waals surface area (Å²) in [5, 5.41) is -1.44. The second kappa shape index (κ2) is 4.99. The average Bonchev–Trinajstić information content (AvgIpc) is 2.40. The first-order chi connectivity index (χ1) is 10.3. The molecule has 23 heavy (non-hydrogen) atoms. The summed E-state index contributed by atoms with van der Waals surface area (Å²) in [6, 6.07) is 5.57. The molecular formula is C13H7Cl2F5O2S. The molecule has 0 spiro atoms. The van der Waals surface area contributed by atoms with Crippen LogP contribution in [0.2, 0.25) is 10.0 Å². The molecule has 0 aliphatic heterocycles. The molecule has 0 aliphatic rings. The minimum absolute atomic E-state index is 0.0596. The quantitative estimate of drug-likeness (QED) is 0.404. The summed E-state index contributed by atoms with van der Waals surface area (Å²) in [6.45, 7) is 0. The number of rotatable bonds is 4. The molecule has 0 atom stereocenters. The molecule has 0 saturated heterocycles. The van der Waals surface area contributed by atoms with Crippen LogP contribution >= 0.6 is 33.4 Å². The molecule has 0 fully saturated rings. The topological polar surface area (TPSA) is 26.3 Å². The Morgan fingerprint density at radius 2 is 1.39 bits per heavy atom. The second-order valence-electron chi connectivity index (χ2n) is 4.47. The van der Waals surface area contributed by atoms with E-state index < -0.39 is 30.9 Å². The van der Waals surface area contributed by atoms with E-state index in [1.165, 1.54) is 24.3 Å². The Morgan fingerprint density at radius 1 is 0.913 bits per heavy atom. The molecule has 0 aliphatic carbocycles. The molecule has 2 aromatic rings. The van der Waals surface area contributed by atoms with E-state index in [4.69, 9.17) is 27.9 Å². The van der Waals surface area contributed by atoms with Gasteiger partial charge in [0.2, 0.25) is 0 Å². The van der Waals surface area contributed by atoms with E-state index in [1.807, 2.05) is 0 Å². The van der Waals surface area contributed by atoms with Crippen molar-refractivity contribution in [1.29, 1.82) is 0 Å². The van der Waals surface area contributed by atoms with Gasteiger partial charge in [-0.05, 0) is 36.4 Å². The van der Waals surface area contributed by atoms with Gasteiger partial charge in [0.15, 0.2) is 5.75 Å². The van der Waals surface area contributed by atoms with E-state index in [0.29, 0.717) is 11.8 Å². The van der Waals surface area contributed by atoms with E-state index in [-0.39, 0.29) is 17.9 Å². The lowest BCUT2D eigenvalue weighted by Gasteiger charge is -2.40. The van der Waals surface area contributed by atoms with Crippen LogP contribution in [0, 0.1) is 0 Å². The normalized spacial score (nSPS) is 14.7. The predicted octanol–water partition coefficient (Wildman–Crippen LogP) is 7.26. The summed E-state index contributed by atoms with van der Waals surface area (Å²) in [5.74, 6) is -0.294. The van der Waals surface area contributed by atoms with E-state index in [0.717, 1.165) is 0 Å². The monoisotopic (exact) mass is 392 g/mol. The first kappa shape index (κ1) is 17.8. The number of benzene rings is 2. The summed E-state index contributed by atoms with van der Waals surface area (Å²) in [7, 11) is -9.90. The fourth-order valence-corrected chi connectivity index (χ4v) is 2.96. The number of halogens is 7. The maximum absolute atomic E-state index is 12.8. The van der Waals surface area contributed by atoms with Gasteiger partial charge >= 0.3 is 10.2 Å². The lowest BCUT2D eigenvalue weighted by molar-refractivity contribution is 0.112. The molecule has 0 amide bonds. The Balaban J connectivity index is 2.44. The Labute approximate surface area is 137 Å². The zero-order valence-corrected chi connectivity index (χ0v) is 13.2. The van der Waals surface area contributed by atoms with Crippen molar-refractivity contribution < 1.29 is 29.0 Å². The molecule has 2 rings (SSSR count). The molecule has 10 heteroatoms. The van der Waals surface area contributed by atoms with Crippen LogP contribution in [0.1, 0.15) is 10.4 Å². The minimum Gasteiger partial charge on any atom is -0.454 e. The van der Waals surface area contributed by atoms with Gasteiger partial charge in [0, 0.05) is 5.56 Å². The molecule has 0 N–H and O–H groups in total. The SMILES string of the molecule is O=Cc1ccc(Oc2c(Cl)cc(S(F)(F)(F)(F)F)cc2Cl)cc1. The van der Waals surface area contributed by atoms with Gasteiger partial charge in [-0.2, -0.15) is 0 Å². The predicted molar refractivity (Wildman–Crippen MR) is 79.8 cm³/mol. The third-order valence-corrected chi connectivity index (χ3v) is 4.34. The summed E-state index contributed by atoms with van der Waals surface area (Å²) >= 11 is 11.2. The third kappa shape index (κ3) is 4.27. The van der Waals surface area contributed by atoms with Gasteiger partial charge in [0.05, 0.1) is 10.0 Å². The Bertz CT molecular complexity index is 753. The highest BCUT2D eigenvalue weighted by atomic mass is 35.5. The zero-order chi connectivity index (χ0) is 17.5. The van der Waals surface area contributed by atoms with Crippen molar-refractivity contribution in [3.8, 4) is 11.5 Å². The molecule has 2 aromatic carbocycles. The molecule has 2 nitrogen and oxygen atoms in total. The van der Waals surface area contributed by atoms with Crippen LogP contribution in [-0.4, -0.2) is 6.29 Å². The number of aldehydes is 1. The van der Waals surface area contributed by atoms with E-state index in [9.17, 15) is 24.2 Å². The van der Waals surface area contributed by atoms with Crippen molar-refractivity contribution in [3.63, 3.8) is 0 Å². The van der Waals surface area contributed by atoms with Crippen molar-refractivity contribution in [2.45, 2.75) is 4.90 Å². The van der Waals surface area contributed by atoms with Crippen molar-refractivity contribution in [1.82, 2.24) is 0 Å². The maximum Gasteiger partial charge on any atom is 0.310 e. The van der Waals surface area contributed by atoms with Crippen LogP contribution in [0.15, 0.2) is 41.3 Å². The molecule has 0 unspecified atom stereocenters. The number of carbonyl (C=O) groups excluding carboxylic acids is 1. The minimum atomic E-state index is -9.90. The lowest BCUT2D eigenvalue weighted by Crippen LogP contribution is -2.06. The number of carbonyl (C=O) groups is 1. The van der Waals surface area contributed by atoms with Gasteiger partial charge in [0.1, 0.15) is 16.9 Å². The van der Waals surface area contributed by atoms with Crippen LogP contribution in [0.5, 0.6) is 11.5 Å². The number of hydrogen-bond donors (Lipinski definition) is 0. The smallest absolute Gasteiger partial charge is 0.310 e. The first-order valence-electron chi connectivity index (χ1n) is 5.76. The van der Waals surface area contributed by atoms with Crippen LogP contribution in [0.25, 0.3) is 0 Å². The molecule has 0 bridgehead atoms. The van der Waals surface area contributed by atoms with Gasteiger partial charge in [-0.15, -0.1) is 0 Å². The van der Waals surface area contributed by atoms with Crippen LogP contribution in [0.4, 0.5) is 19.4 Å². The second-order valence-corrected chi connectivity index (χ2v) is 7.70. The van der Waals surface area contributed by atoms with Gasteiger partial charge in [0.25, 0.3) is 0 Å². The Kier molecular flexibility index (Phi) is 3.87. The Hall–Kier alpha value is -1.51. The standard InChI is InChI=1S/C13H7Cl2F5O2S/c14-11-5-10(23(16,17,18,19)20)6-12(15)13(11)22-9-3-1-8(7-21)2-4-9/h1-7H. The summed E-state index contributed by atoms with van der Waals surface area (Å²) < 4.78 is 69.0. The van der Waals surface area contributed by atoms with Crippen molar-refractivity contribution in [2.24, 2.45) is 0 Å². The fourth-order valence-electron chi connectivity index (χ4n) is 1.59. The summed E-state index contributed by atoms with van der Waals surface area (Å²) in [6.07, 6.45) is 0.577.